The maximum Gasteiger partial charge on any atom is 0.281 e. The van der Waals surface area contributed by atoms with Crippen molar-refractivity contribution in [2.45, 2.75) is 25.4 Å². The van der Waals surface area contributed by atoms with E-state index in [4.69, 9.17) is 11.6 Å². The summed E-state index contributed by atoms with van der Waals surface area (Å²) in [5.41, 5.74) is 0.343. The molecule has 0 saturated carbocycles. The standard InChI is InChI=1S/C12H13ClIN3O2S/c1-3-17-7-12(15-8(17)2)20(18,19)16-11-5-4-9(14)6-10(11)13/h4-7,16H,3H2,1-2H3. The summed E-state index contributed by atoms with van der Waals surface area (Å²) < 4.78 is 29.7. The first-order chi connectivity index (χ1) is 9.33. The Hall–Kier alpha value is -0.800. The summed E-state index contributed by atoms with van der Waals surface area (Å²) in [6, 6.07) is 5.10. The van der Waals surface area contributed by atoms with Gasteiger partial charge >= 0.3 is 0 Å². The van der Waals surface area contributed by atoms with Gasteiger partial charge in [0, 0.05) is 16.3 Å². The molecule has 1 heterocycles. The summed E-state index contributed by atoms with van der Waals surface area (Å²) in [6.07, 6.45) is 1.51. The van der Waals surface area contributed by atoms with Gasteiger partial charge in [0.25, 0.3) is 10.0 Å². The van der Waals surface area contributed by atoms with Gasteiger partial charge in [-0.1, -0.05) is 11.6 Å². The van der Waals surface area contributed by atoms with Crippen molar-refractivity contribution < 1.29 is 8.42 Å². The van der Waals surface area contributed by atoms with E-state index in [0.29, 0.717) is 23.1 Å². The Morgan fingerprint density at radius 1 is 1.45 bits per heavy atom. The van der Waals surface area contributed by atoms with Gasteiger partial charge in [-0.3, -0.25) is 4.72 Å². The molecule has 0 spiro atoms. The van der Waals surface area contributed by atoms with Crippen LogP contribution >= 0.6 is 34.2 Å². The largest absolute Gasteiger partial charge is 0.334 e. The molecule has 0 amide bonds. The lowest BCUT2D eigenvalue weighted by Crippen LogP contribution is -2.13. The Kier molecular flexibility index (Phi) is 4.60. The second-order valence-electron chi connectivity index (χ2n) is 4.14. The molecular weight excluding hydrogens is 413 g/mol. The molecule has 0 bridgehead atoms. The number of benzene rings is 1. The van der Waals surface area contributed by atoms with Crippen LogP contribution in [0.3, 0.4) is 0 Å². The molecule has 2 rings (SSSR count). The minimum absolute atomic E-state index is 0.00790. The van der Waals surface area contributed by atoms with Crippen LogP contribution < -0.4 is 4.72 Å². The maximum atomic E-state index is 12.3. The van der Waals surface area contributed by atoms with Crippen LogP contribution in [0.4, 0.5) is 5.69 Å². The molecule has 1 aromatic carbocycles. The number of hydrogen-bond acceptors (Lipinski definition) is 3. The molecule has 5 nitrogen and oxygen atoms in total. The summed E-state index contributed by atoms with van der Waals surface area (Å²) >= 11 is 8.14. The van der Waals surface area contributed by atoms with Crippen LogP contribution in [0, 0.1) is 10.5 Å². The van der Waals surface area contributed by atoms with Gasteiger partial charge < -0.3 is 4.57 Å². The van der Waals surface area contributed by atoms with E-state index in [1.165, 1.54) is 6.20 Å². The molecule has 8 heteroatoms. The van der Waals surface area contributed by atoms with Crippen LogP contribution in [0.25, 0.3) is 0 Å². The Morgan fingerprint density at radius 3 is 2.70 bits per heavy atom. The zero-order chi connectivity index (χ0) is 14.9. The molecule has 0 aliphatic heterocycles. The van der Waals surface area contributed by atoms with Crippen molar-refractivity contribution in [2.75, 3.05) is 4.72 Å². The Labute approximate surface area is 136 Å². The highest BCUT2D eigenvalue weighted by Crippen LogP contribution is 2.26. The van der Waals surface area contributed by atoms with Gasteiger partial charge in [-0.2, -0.15) is 8.42 Å². The number of imidazole rings is 1. The average molecular weight is 426 g/mol. The smallest absolute Gasteiger partial charge is 0.281 e. The number of aryl methyl sites for hydroxylation is 2. The van der Waals surface area contributed by atoms with Gasteiger partial charge in [-0.05, 0) is 54.6 Å². The van der Waals surface area contributed by atoms with Crippen molar-refractivity contribution in [3.05, 3.63) is 38.8 Å². The number of aromatic nitrogens is 2. The lowest BCUT2D eigenvalue weighted by Gasteiger charge is -2.07. The van der Waals surface area contributed by atoms with Gasteiger partial charge in [-0.15, -0.1) is 0 Å². The normalized spacial score (nSPS) is 11.6. The molecule has 0 fully saturated rings. The van der Waals surface area contributed by atoms with Crippen LogP contribution in [0.2, 0.25) is 5.02 Å². The van der Waals surface area contributed by atoms with Crippen molar-refractivity contribution in [1.29, 1.82) is 0 Å². The molecular formula is C12H13ClIN3O2S. The number of halogens is 2. The highest BCUT2D eigenvalue weighted by molar-refractivity contribution is 14.1. The fourth-order valence-corrected chi connectivity index (χ4v) is 3.75. The molecule has 1 N–H and O–H groups in total. The second-order valence-corrected chi connectivity index (χ2v) is 7.42. The predicted octanol–water partition coefficient (Wildman–Crippen LogP) is 3.27. The van der Waals surface area contributed by atoms with E-state index >= 15 is 0 Å². The van der Waals surface area contributed by atoms with Crippen LogP contribution in [-0.4, -0.2) is 18.0 Å². The fourth-order valence-electron chi connectivity index (χ4n) is 1.70. The topological polar surface area (TPSA) is 64.0 Å². The molecule has 0 aliphatic carbocycles. The molecule has 2 aromatic rings. The van der Waals surface area contributed by atoms with E-state index in [0.717, 1.165) is 3.57 Å². The predicted molar refractivity (Wildman–Crippen MR) is 87.6 cm³/mol. The van der Waals surface area contributed by atoms with Crippen LogP contribution in [0.15, 0.2) is 29.4 Å². The Balaban J connectivity index is 2.35. The lowest BCUT2D eigenvalue weighted by molar-refractivity contribution is 0.598. The summed E-state index contributed by atoms with van der Waals surface area (Å²) in [4.78, 5) is 4.06. The number of rotatable bonds is 4. The first-order valence-corrected chi connectivity index (χ1v) is 8.79. The SMILES string of the molecule is CCn1cc(S(=O)(=O)Nc2ccc(I)cc2Cl)nc1C. The van der Waals surface area contributed by atoms with Crippen molar-refractivity contribution in [3.8, 4) is 0 Å². The highest BCUT2D eigenvalue weighted by atomic mass is 127. The lowest BCUT2D eigenvalue weighted by atomic mass is 10.3. The number of nitrogens with one attached hydrogen (secondary N) is 1. The van der Waals surface area contributed by atoms with E-state index < -0.39 is 10.0 Å². The van der Waals surface area contributed by atoms with Crippen molar-refractivity contribution in [1.82, 2.24) is 9.55 Å². The second kappa shape index (κ2) is 5.90. The molecule has 0 radical (unpaired) electrons. The zero-order valence-corrected chi connectivity index (χ0v) is 14.6. The first kappa shape index (κ1) is 15.6. The van der Waals surface area contributed by atoms with E-state index in [1.807, 2.05) is 6.92 Å². The zero-order valence-electron chi connectivity index (χ0n) is 10.9. The quantitative estimate of drug-likeness (QED) is 0.765. The molecule has 0 aliphatic rings. The van der Waals surface area contributed by atoms with Crippen molar-refractivity contribution in [2.24, 2.45) is 0 Å². The third kappa shape index (κ3) is 3.26. The van der Waals surface area contributed by atoms with Crippen molar-refractivity contribution >= 4 is 49.9 Å². The number of nitrogens with zero attached hydrogens (tertiary/aromatic N) is 2. The Morgan fingerprint density at radius 2 is 2.15 bits per heavy atom. The summed E-state index contributed by atoms with van der Waals surface area (Å²) in [7, 11) is -3.73. The van der Waals surface area contributed by atoms with Gasteiger partial charge in [0.1, 0.15) is 5.82 Å². The number of hydrogen-bond donors (Lipinski definition) is 1. The maximum absolute atomic E-state index is 12.3. The molecule has 108 valence electrons. The first-order valence-electron chi connectivity index (χ1n) is 5.85. The van der Waals surface area contributed by atoms with Crippen LogP contribution in [0.5, 0.6) is 0 Å². The van der Waals surface area contributed by atoms with E-state index in [9.17, 15) is 8.42 Å². The van der Waals surface area contributed by atoms with Crippen LogP contribution in [0.1, 0.15) is 12.7 Å². The molecule has 0 saturated heterocycles. The highest BCUT2D eigenvalue weighted by Gasteiger charge is 2.20. The van der Waals surface area contributed by atoms with Gasteiger partial charge in [0.2, 0.25) is 0 Å². The van der Waals surface area contributed by atoms with Gasteiger partial charge in [0.05, 0.1) is 10.7 Å². The van der Waals surface area contributed by atoms with E-state index in [-0.39, 0.29) is 5.03 Å². The van der Waals surface area contributed by atoms with Gasteiger partial charge in [-0.25, -0.2) is 4.98 Å². The number of anilines is 1. The van der Waals surface area contributed by atoms with Gasteiger partial charge in [0.15, 0.2) is 5.03 Å². The fraction of sp³-hybridized carbons (Fsp3) is 0.250. The van der Waals surface area contributed by atoms with Crippen molar-refractivity contribution in [3.63, 3.8) is 0 Å². The summed E-state index contributed by atoms with van der Waals surface area (Å²) in [5.74, 6) is 0.654. The third-order valence-corrected chi connectivity index (χ3v) is 4.97. The monoisotopic (exact) mass is 425 g/mol. The third-order valence-electron chi connectivity index (χ3n) is 2.75. The minimum Gasteiger partial charge on any atom is -0.334 e. The minimum atomic E-state index is -3.73. The molecule has 20 heavy (non-hydrogen) atoms. The van der Waals surface area contributed by atoms with E-state index in [1.54, 1.807) is 29.7 Å². The summed E-state index contributed by atoms with van der Waals surface area (Å²) in [5, 5.41) is 0.346. The Bertz CT molecular complexity index is 743. The number of sulfonamides is 1. The molecule has 1 aromatic heterocycles. The van der Waals surface area contributed by atoms with E-state index in [2.05, 4.69) is 32.3 Å². The summed E-state index contributed by atoms with van der Waals surface area (Å²) in [6.45, 7) is 4.35. The molecule has 0 atom stereocenters. The van der Waals surface area contributed by atoms with Crippen LogP contribution in [-0.2, 0) is 16.6 Å². The average Bonchev–Trinajstić information content (AvgIpc) is 2.75. The molecule has 0 unspecified atom stereocenters.